The molecule has 1 fully saturated rings. The molecule has 1 saturated carbocycles. The highest BCUT2D eigenvalue weighted by Crippen LogP contribution is 2.28. The molecule has 23 heavy (non-hydrogen) atoms. The molecule has 3 rings (SSSR count). The van der Waals surface area contributed by atoms with Crippen molar-refractivity contribution in [2.24, 2.45) is 0 Å². The minimum atomic E-state index is -0.332. The highest BCUT2D eigenvalue weighted by atomic mass is 16.5. The Morgan fingerprint density at radius 3 is 2.61 bits per heavy atom. The summed E-state index contributed by atoms with van der Waals surface area (Å²) >= 11 is 0. The van der Waals surface area contributed by atoms with Crippen molar-refractivity contribution < 1.29 is 14.3 Å². The maximum absolute atomic E-state index is 12.7. The zero-order valence-electron chi connectivity index (χ0n) is 13.3. The molecule has 0 atom stereocenters. The Kier molecular flexibility index (Phi) is 4.23. The number of hydrogen-bond donors (Lipinski definition) is 2. The first-order valence-corrected chi connectivity index (χ1v) is 7.72. The van der Waals surface area contributed by atoms with Crippen LogP contribution in [-0.4, -0.2) is 31.2 Å². The fourth-order valence-corrected chi connectivity index (χ4v) is 3.05. The number of pyridine rings is 1. The second-order valence-electron chi connectivity index (χ2n) is 5.74. The van der Waals surface area contributed by atoms with Crippen molar-refractivity contribution >= 4 is 16.8 Å². The van der Waals surface area contributed by atoms with E-state index in [1.54, 1.807) is 12.1 Å². The maximum Gasteiger partial charge on any atom is 0.256 e. The average Bonchev–Trinajstić information content (AvgIpc) is 3.07. The molecule has 6 heteroatoms. The molecule has 2 N–H and O–H groups in total. The Hall–Kier alpha value is -2.50. The molecule has 122 valence electrons. The van der Waals surface area contributed by atoms with Gasteiger partial charge in [-0.25, -0.2) is 0 Å². The summed E-state index contributed by atoms with van der Waals surface area (Å²) in [6.45, 7) is 0. The molecular formula is C17H20N2O4. The van der Waals surface area contributed by atoms with Crippen molar-refractivity contribution in [2.45, 2.75) is 31.7 Å². The van der Waals surface area contributed by atoms with Gasteiger partial charge in [0.2, 0.25) is 5.43 Å². The summed E-state index contributed by atoms with van der Waals surface area (Å²) in [4.78, 5) is 28.1. The van der Waals surface area contributed by atoms with Gasteiger partial charge in [-0.2, -0.15) is 0 Å². The van der Waals surface area contributed by atoms with Gasteiger partial charge in [0.1, 0.15) is 17.1 Å². The molecule has 0 spiro atoms. The van der Waals surface area contributed by atoms with Crippen LogP contribution in [0.1, 0.15) is 36.0 Å². The average molecular weight is 316 g/mol. The Morgan fingerprint density at radius 2 is 1.96 bits per heavy atom. The highest BCUT2D eigenvalue weighted by molar-refractivity contribution is 5.98. The number of nitrogens with one attached hydrogen (secondary N) is 2. The van der Waals surface area contributed by atoms with Crippen LogP contribution in [0.2, 0.25) is 0 Å². The standard InChI is InChI=1S/C17H20N2O4/c1-22-11-7-12-15(14(8-11)23-2)18-9-13(16(12)20)17(21)19-10-5-3-4-6-10/h7-10H,3-6H2,1-2H3,(H,18,20)(H,19,21). The number of hydrogen-bond acceptors (Lipinski definition) is 4. The van der Waals surface area contributed by atoms with E-state index in [1.807, 2.05) is 0 Å². The number of aromatic amines is 1. The molecule has 1 aliphatic rings. The first kappa shape index (κ1) is 15.4. The molecule has 1 amide bonds. The monoisotopic (exact) mass is 316 g/mol. The fourth-order valence-electron chi connectivity index (χ4n) is 3.05. The molecule has 1 aromatic carbocycles. The quantitative estimate of drug-likeness (QED) is 0.906. The maximum atomic E-state index is 12.7. The molecule has 1 aliphatic carbocycles. The van der Waals surface area contributed by atoms with Crippen LogP contribution in [0.3, 0.4) is 0 Å². The van der Waals surface area contributed by atoms with Crippen molar-refractivity contribution in [3.8, 4) is 11.5 Å². The van der Waals surface area contributed by atoms with Gasteiger partial charge in [0.05, 0.1) is 25.1 Å². The molecule has 0 unspecified atom stereocenters. The van der Waals surface area contributed by atoms with Crippen LogP contribution < -0.4 is 20.2 Å². The Morgan fingerprint density at radius 1 is 1.22 bits per heavy atom. The van der Waals surface area contributed by atoms with Crippen LogP contribution in [0.4, 0.5) is 0 Å². The van der Waals surface area contributed by atoms with E-state index in [4.69, 9.17) is 9.47 Å². The Balaban J connectivity index is 2.03. The predicted octanol–water partition coefficient (Wildman–Crippen LogP) is 2.22. The van der Waals surface area contributed by atoms with Crippen LogP contribution in [-0.2, 0) is 0 Å². The molecule has 2 aromatic rings. The summed E-state index contributed by atoms with van der Waals surface area (Å²) in [5.74, 6) is 0.675. The van der Waals surface area contributed by atoms with Gasteiger partial charge in [-0.15, -0.1) is 0 Å². The molecule has 1 aromatic heterocycles. The molecule has 6 nitrogen and oxygen atoms in total. The number of H-pyrrole nitrogens is 1. The normalized spacial score (nSPS) is 14.9. The van der Waals surface area contributed by atoms with Crippen molar-refractivity contribution in [1.29, 1.82) is 0 Å². The zero-order valence-corrected chi connectivity index (χ0v) is 13.3. The number of rotatable bonds is 4. The molecule has 0 saturated heterocycles. The van der Waals surface area contributed by atoms with E-state index >= 15 is 0 Å². The second-order valence-corrected chi connectivity index (χ2v) is 5.74. The highest BCUT2D eigenvalue weighted by Gasteiger charge is 2.21. The van der Waals surface area contributed by atoms with Crippen LogP contribution >= 0.6 is 0 Å². The van der Waals surface area contributed by atoms with Gasteiger partial charge in [-0.3, -0.25) is 9.59 Å². The van der Waals surface area contributed by atoms with Crippen LogP contribution in [0, 0.1) is 0 Å². The third kappa shape index (κ3) is 2.88. The number of methoxy groups -OCH3 is 2. The summed E-state index contributed by atoms with van der Waals surface area (Å²) in [6, 6.07) is 3.47. The van der Waals surface area contributed by atoms with Gasteiger partial charge >= 0.3 is 0 Å². The summed E-state index contributed by atoms with van der Waals surface area (Å²) in [7, 11) is 3.04. The molecule has 1 heterocycles. The number of ether oxygens (including phenoxy) is 2. The summed E-state index contributed by atoms with van der Waals surface area (Å²) in [5, 5.41) is 3.31. The lowest BCUT2D eigenvalue weighted by molar-refractivity contribution is 0.0936. The summed E-state index contributed by atoms with van der Waals surface area (Å²) < 4.78 is 10.5. The third-order valence-corrected chi connectivity index (χ3v) is 4.32. The molecule has 0 aliphatic heterocycles. The smallest absolute Gasteiger partial charge is 0.256 e. The number of carbonyl (C=O) groups is 1. The number of carbonyl (C=O) groups excluding carboxylic acids is 1. The lowest BCUT2D eigenvalue weighted by atomic mass is 10.1. The topological polar surface area (TPSA) is 80.4 Å². The minimum absolute atomic E-state index is 0.111. The van der Waals surface area contributed by atoms with Crippen molar-refractivity contribution in [1.82, 2.24) is 10.3 Å². The van der Waals surface area contributed by atoms with Crippen LogP contribution in [0.15, 0.2) is 23.1 Å². The lowest BCUT2D eigenvalue weighted by Gasteiger charge is -2.13. The SMILES string of the molecule is COc1cc(OC)c2[nH]cc(C(=O)NC3CCCC3)c(=O)c2c1. The Labute approximate surface area is 133 Å². The van der Waals surface area contributed by atoms with Gasteiger partial charge < -0.3 is 19.8 Å². The van der Waals surface area contributed by atoms with E-state index in [9.17, 15) is 9.59 Å². The largest absolute Gasteiger partial charge is 0.497 e. The number of amides is 1. The van der Waals surface area contributed by atoms with E-state index < -0.39 is 0 Å². The first-order chi connectivity index (χ1) is 11.1. The van der Waals surface area contributed by atoms with E-state index in [0.29, 0.717) is 22.4 Å². The number of aromatic nitrogens is 1. The lowest BCUT2D eigenvalue weighted by Crippen LogP contribution is -2.35. The van der Waals surface area contributed by atoms with E-state index in [0.717, 1.165) is 25.7 Å². The minimum Gasteiger partial charge on any atom is -0.497 e. The van der Waals surface area contributed by atoms with Crippen molar-refractivity contribution in [3.63, 3.8) is 0 Å². The molecular weight excluding hydrogens is 296 g/mol. The molecule has 0 bridgehead atoms. The fraction of sp³-hybridized carbons (Fsp3) is 0.412. The van der Waals surface area contributed by atoms with Crippen LogP contribution in [0.25, 0.3) is 10.9 Å². The summed E-state index contributed by atoms with van der Waals surface area (Å²) in [6.07, 6.45) is 5.63. The molecule has 0 radical (unpaired) electrons. The zero-order chi connectivity index (χ0) is 16.4. The third-order valence-electron chi connectivity index (χ3n) is 4.32. The van der Waals surface area contributed by atoms with Gasteiger partial charge in [0.15, 0.2) is 0 Å². The van der Waals surface area contributed by atoms with Gasteiger partial charge in [0, 0.05) is 18.3 Å². The van der Waals surface area contributed by atoms with E-state index in [-0.39, 0.29) is 22.9 Å². The number of benzene rings is 1. The van der Waals surface area contributed by atoms with Gasteiger partial charge in [-0.1, -0.05) is 12.8 Å². The second kappa shape index (κ2) is 6.32. The Bertz CT molecular complexity index is 791. The van der Waals surface area contributed by atoms with Gasteiger partial charge in [-0.05, 0) is 18.9 Å². The van der Waals surface area contributed by atoms with E-state index in [2.05, 4.69) is 10.3 Å². The van der Waals surface area contributed by atoms with Crippen LogP contribution in [0.5, 0.6) is 11.5 Å². The summed E-state index contributed by atoms with van der Waals surface area (Å²) in [5.41, 5.74) is 0.335. The number of fused-ring (bicyclic) bond motifs is 1. The van der Waals surface area contributed by atoms with E-state index in [1.165, 1.54) is 20.4 Å². The first-order valence-electron chi connectivity index (χ1n) is 7.72. The van der Waals surface area contributed by atoms with Crippen molar-refractivity contribution in [3.05, 3.63) is 34.1 Å². The van der Waals surface area contributed by atoms with Crippen molar-refractivity contribution in [2.75, 3.05) is 14.2 Å². The predicted molar refractivity (Wildman–Crippen MR) is 87.4 cm³/mol. The van der Waals surface area contributed by atoms with Gasteiger partial charge in [0.25, 0.3) is 5.91 Å².